The zero-order valence-corrected chi connectivity index (χ0v) is 14.5. The number of esters is 1. The second-order valence-electron chi connectivity index (χ2n) is 5.11. The first-order valence-electron chi connectivity index (χ1n) is 7.25. The molecule has 6 heteroatoms. The van der Waals surface area contributed by atoms with Crippen molar-refractivity contribution in [1.82, 2.24) is 0 Å². The fourth-order valence-corrected chi connectivity index (χ4v) is 2.85. The van der Waals surface area contributed by atoms with Crippen LogP contribution in [0.15, 0.2) is 35.7 Å². The molecule has 0 radical (unpaired) electrons. The normalized spacial score (nSPS) is 11.8. The molecular weight excluding hydrogens is 334 g/mol. The van der Waals surface area contributed by atoms with Crippen molar-refractivity contribution in [2.75, 3.05) is 5.32 Å². The molecule has 0 aliphatic rings. The number of anilines is 1. The van der Waals surface area contributed by atoms with Crippen molar-refractivity contribution in [3.63, 3.8) is 0 Å². The van der Waals surface area contributed by atoms with Gasteiger partial charge < -0.3 is 10.1 Å². The minimum absolute atomic E-state index is 0.258. The van der Waals surface area contributed by atoms with Gasteiger partial charge in [0.1, 0.15) is 0 Å². The molecule has 122 valence electrons. The van der Waals surface area contributed by atoms with Crippen molar-refractivity contribution < 1.29 is 14.3 Å². The molecule has 23 heavy (non-hydrogen) atoms. The van der Waals surface area contributed by atoms with Gasteiger partial charge in [-0.25, -0.2) is 0 Å². The van der Waals surface area contributed by atoms with E-state index >= 15 is 0 Å². The maximum Gasteiger partial charge on any atom is 0.306 e. The molecule has 1 amide bonds. The van der Waals surface area contributed by atoms with Crippen LogP contribution in [-0.4, -0.2) is 18.0 Å². The van der Waals surface area contributed by atoms with Crippen molar-refractivity contribution in [1.29, 1.82) is 0 Å². The van der Waals surface area contributed by atoms with Gasteiger partial charge in [-0.3, -0.25) is 9.59 Å². The molecule has 1 aromatic heterocycles. The summed E-state index contributed by atoms with van der Waals surface area (Å²) in [5.74, 6) is -0.760. The predicted molar refractivity (Wildman–Crippen MR) is 93.0 cm³/mol. The molecule has 1 aromatic carbocycles. The van der Waals surface area contributed by atoms with E-state index in [9.17, 15) is 9.59 Å². The molecule has 1 atom stereocenters. The van der Waals surface area contributed by atoms with E-state index in [2.05, 4.69) is 5.32 Å². The number of hydrogen-bond acceptors (Lipinski definition) is 4. The molecule has 4 nitrogen and oxygen atoms in total. The van der Waals surface area contributed by atoms with E-state index in [1.165, 1.54) is 0 Å². The SMILES string of the molecule is Cc1c(Cl)cccc1NC(=O)[C@@H](C)OC(=O)CCc1cccs1. The molecule has 0 aliphatic heterocycles. The van der Waals surface area contributed by atoms with Crippen LogP contribution < -0.4 is 5.32 Å². The first-order chi connectivity index (χ1) is 11.0. The number of thiophene rings is 1. The lowest BCUT2D eigenvalue weighted by Crippen LogP contribution is -2.30. The summed E-state index contributed by atoms with van der Waals surface area (Å²) in [6.45, 7) is 3.37. The Morgan fingerprint density at radius 1 is 1.30 bits per heavy atom. The van der Waals surface area contributed by atoms with Crippen LogP contribution in [0.3, 0.4) is 0 Å². The number of carbonyl (C=O) groups is 2. The second kappa shape index (κ2) is 8.13. The molecule has 1 N–H and O–H groups in total. The van der Waals surface area contributed by atoms with Crippen LogP contribution in [0, 0.1) is 6.92 Å². The van der Waals surface area contributed by atoms with Gasteiger partial charge >= 0.3 is 5.97 Å². The molecule has 0 bridgehead atoms. The third kappa shape index (κ3) is 5.08. The lowest BCUT2D eigenvalue weighted by atomic mass is 10.2. The van der Waals surface area contributed by atoms with Gasteiger partial charge in [0, 0.05) is 15.6 Å². The summed E-state index contributed by atoms with van der Waals surface area (Å²) in [4.78, 5) is 25.0. The van der Waals surface area contributed by atoms with Gasteiger partial charge in [0.15, 0.2) is 6.10 Å². The summed E-state index contributed by atoms with van der Waals surface area (Å²) < 4.78 is 5.17. The van der Waals surface area contributed by atoms with E-state index in [0.29, 0.717) is 17.1 Å². The van der Waals surface area contributed by atoms with Crippen LogP contribution in [-0.2, 0) is 20.7 Å². The van der Waals surface area contributed by atoms with Crippen LogP contribution in [0.1, 0.15) is 23.8 Å². The number of benzene rings is 1. The van der Waals surface area contributed by atoms with Gasteiger partial charge in [-0.1, -0.05) is 23.7 Å². The molecule has 0 fully saturated rings. The summed E-state index contributed by atoms with van der Waals surface area (Å²) in [7, 11) is 0. The Bertz CT molecular complexity index is 685. The summed E-state index contributed by atoms with van der Waals surface area (Å²) in [5.41, 5.74) is 1.39. The highest BCUT2D eigenvalue weighted by atomic mass is 35.5. The van der Waals surface area contributed by atoms with E-state index in [1.807, 2.05) is 24.4 Å². The quantitative estimate of drug-likeness (QED) is 0.793. The van der Waals surface area contributed by atoms with Gasteiger partial charge in [0.2, 0.25) is 0 Å². The summed E-state index contributed by atoms with van der Waals surface area (Å²) in [5, 5.41) is 5.26. The molecular formula is C17H18ClNO3S. The third-order valence-electron chi connectivity index (χ3n) is 3.36. The van der Waals surface area contributed by atoms with Gasteiger partial charge in [-0.15, -0.1) is 11.3 Å². The largest absolute Gasteiger partial charge is 0.453 e. The molecule has 2 rings (SSSR count). The molecule has 0 aliphatic carbocycles. The number of nitrogens with one attached hydrogen (secondary N) is 1. The van der Waals surface area contributed by atoms with Crippen molar-refractivity contribution in [2.24, 2.45) is 0 Å². The van der Waals surface area contributed by atoms with Gasteiger partial charge in [0.05, 0.1) is 6.42 Å². The number of rotatable bonds is 6. The fraction of sp³-hybridized carbons (Fsp3) is 0.294. The minimum atomic E-state index is -0.857. The summed E-state index contributed by atoms with van der Waals surface area (Å²) in [6.07, 6.45) is 0.0243. The van der Waals surface area contributed by atoms with Crippen LogP contribution >= 0.6 is 22.9 Å². The molecule has 2 aromatic rings. The molecule has 0 saturated heterocycles. The van der Waals surface area contributed by atoms with E-state index < -0.39 is 6.10 Å². The maximum absolute atomic E-state index is 12.1. The van der Waals surface area contributed by atoms with Gasteiger partial charge in [0.25, 0.3) is 5.91 Å². The zero-order chi connectivity index (χ0) is 16.8. The Morgan fingerprint density at radius 3 is 2.78 bits per heavy atom. The Kier molecular flexibility index (Phi) is 6.19. The minimum Gasteiger partial charge on any atom is -0.453 e. The lowest BCUT2D eigenvalue weighted by Gasteiger charge is -2.15. The predicted octanol–water partition coefficient (Wildman–Crippen LogP) is 4.21. The fourth-order valence-electron chi connectivity index (χ4n) is 1.97. The standard InChI is InChI=1S/C17H18ClNO3S/c1-11-14(18)6-3-7-15(11)19-17(21)12(2)22-16(20)9-8-13-5-4-10-23-13/h3-7,10,12H,8-9H2,1-2H3,(H,19,21)/t12-/m1/s1. The van der Waals surface area contributed by atoms with Crippen molar-refractivity contribution >= 4 is 40.5 Å². The lowest BCUT2D eigenvalue weighted by molar-refractivity contribution is -0.153. The molecule has 0 unspecified atom stereocenters. The zero-order valence-electron chi connectivity index (χ0n) is 13.0. The van der Waals surface area contributed by atoms with Gasteiger partial charge in [-0.2, -0.15) is 0 Å². The highest BCUT2D eigenvalue weighted by Crippen LogP contribution is 2.23. The highest BCUT2D eigenvalue weighted by molar-refractivity contribution is 7.09. The smallest absolute Gasteiger partial charge is 0.306 e. The van der Waals surface area contributed by atoms with Crippen LogP contribution in [0.25, 0.3) is 0 Å². The van der Waals surface area contributed by atoms with Crippen LogP contribution in [0.5, 0.6) is 0 Å². The second-order valence-corrected chi connectivity index (χ2v) is 6.55. The Labute approximate surface area is 144 Å². The van der Waals surface area contributed by atoms with Crippen molar-refractivity contribution in [3.8, 4) is 0 Å². The van der Waals surface area contributed by atoms with E-state index in [-0.39, 0.29) is 18.3 Å². The van der Waals surface area contributed by atoms with Crippen molar-refractivity contribution in [2.45, 2.75) is 32.8 Å². The van der Waals surface area contributed by atoms with Crippen LogP contribution in [0.4, 0.5) is 5.69 Å². The Morgan fingerprint density at radius 2 is 2.09 bits per heavy atom. The Hall–Kier alpha value is -1.85. The molecule has 0 saturated carbocycles. The third-order valence-corrected chi connectivity index (χ3v) is 4.70. The number of ether oxygens (including phenoxy) is 1. The maximum atomic E-state index is 12.1. The van der Waals surface area contributed by atoms with E-state index in [1.54, 1.807) is 36.5 Å². The number of hydrogen-bond donors (Lipinski definition) is 1. The average Bonchev–Trinajstić information content (AvgIpc) is 3.03. The van der Waals surface area contributed by atoms with Gasteiger partial charge in [-0.05, 0) is 49.4 Å². The number of aryl methyl sites for hydroxylation is 1. The molecule has 0 spiro atoms. The Balaban J connectivity index is 1.84. The monoisotopic (exact) mass is 351 g/mol. The summed E-state index contributed by atoms with van der Waals surface area (Å²) in [6, 6.07) is 9.17. The first-order valence-corrected chi connectivity index (χ1v) is 8.51. The summed E-state index contributed by atoms with van der Waals surface area (Å²) >= 11 is 7.61. The van der Waals surface area contributed by atoms with E-state index in [4.69, 9.17) is 16.3 Å². The van der Waals surface area contributed by atoms with Crippen LogP contribution in [0.2, 0.25) is 5.02 Å². The number of carbonyl (C=O) groups excluding carboxylic acids is 2. The topological polar surface area (TPSA) is 55.4 Å². The molecule has 1 heterocycles. The van der Waals surface area contributed by atoms with Crippen molar-refractivity contribution in [3.05, 3.63) is 51.2 Å². The highest BCUT2D eigenvalue weighted by Gasteiger charge is 2.18. The first kappa shape index (κ1) is 17.5. The number of halogens is 1. The van der Waals surface area contributed by atoms with E-state index in [0.717, 1.165) is 10.4 Å². The number of amides is 1. The average molecular weight is 352 g/mol.